The highest BCUT2D eigenvalue weighted by molar-refractivity contribution is 7.88. The van der Waals surface area contributed by atoms with Crippen molar-refractivity contribution in [2.75, 3.05) is 39.3 Å². The molecule has 1 saturated heterocycles. The van der Waals surface area contributed by atoms with Crippen LogP contribution in [0.4, 0.5) is 0 Å². The van der Waals surface area contributed by atoms with Crippen LogP contribution in [0, 0.1) is 0 Å². The smallest absolute Gasteiger partial charge is 0.236 e. The number of carbonyl (C=O) groups is 1. The van der Waals surface area contributed by atoms with E-state index in [2.05, 4.69) is 17.0 Å². The maximum absolute atomic E-state index is 12.7. The highest BCUT2D eigenvalue weighted by Crippen LogP contribution is 2.14. The number of sulfonamides is 1. The first kappa shape index (κ1) is 21.5. The Kier molecular flexibility index (Phi) is 7.41. The largest absolute Gasteiger partial charge is 0.339 e. The molecule has 0 aliphatic carbocycles. The van der Waals surface area contributed by atoms with Gasteiger partial charge in [-0.05, 0) is 17.7 Å². The molecule has 1 heterocycles. The Morgan fingerprint density at radius 2 is 1.45 bits per heavy atom. The van der Waals surface area contributed by atoms with Crippen molar-refractivity contribution in [3.8, 4) is 0 Å². The first-order valence-corrected chi connectivity index (χ1v) is 11.6. The topological polar surface area (TPSA) is 60.9 Å². The zero-order valence-electron chi connectivity index (χ0n) is 16.9. The van der Waals surface area contributed by atoms with Crippen LogP contribution in [-0.4, -0.2) is 67.7 Å². The molecular formula is C22H29N3O3S. The van der Waals surface area contributed by atoms with E-state index in [-0.39, 0.29) is 11.7 Å². The minimum absolute atomic E-state index is 0.00245. The molecule has 3 rings (SSSR count). The van der Waals surface area contributed by atoms with E-state index in [4.69, 9.17) is 0 Å². The molecular weight excluding hydrogens is 386 g/mol. The Morgan fingerprint density at radius 3 is 2.00 bits per heavy atom. The number of nitrogens with zero attached hydrogens (tertiary/aromatic N) is 3. The summed E-state index contributed by atoms with van der Waals surface area (Å²) in [6.07, 6.45) is 0. The number of hydrogen-bond acceptors (Lipinski definition) is 4. The summed E-state index contributed by atoms with van der Waals surface area (Å²) in [5, 5.41) is 0. The third kappa shape index (κ3) is 6.13. The number of likely N-dealkylation sites (N-methyl/N-ethyl adjacent to an activating group) is 1. The first-order valence-electron chi connectivity index (χ1n) is 10.0. The van der Waals surface area contributed by atoms with Gasteiger partial charge in [0.05, 0.1) is 12.3 Å². The molecule has 2 aromatic carbocycles. The van der Waals surface area contributed by atoms with Crippen LogP contribution in [0.3, 0.4) is 0 Å². The molecule has 156 valence electrons. The van der Waals surface area contributed by atoms with Crippen molar-refractivity contribution in [1.29, 1.82) is 0 Å². The highest BCUT2D eigenvalue weighted by Gasteiger charge is 2.29. The Balaban J connectivity index is 1.51. The number of rotatable bonds is 8. The van der Waals surface area contributed by atoms with E-state index in [1.807, 2.05) is 55.5 Å². The van der Waals surface area contributed by atoms with Gasteiger partial charge in [-0.3, -0.25) is 9.69 Å². The number of carbonyl (C=O) groups excluding carboxylic acids is 1. The third-order valence-corrected chi connectivity index (χ3v) is 7.08. The molecule has 1 aliphatic rings. The second-order valence-electron chi connectivity index (χ2n) is 7.31. The minimum atomic E-state index is -3.37. The van der Waals surface area contributed by atoms with Gasteiger partial charge in [0.1, 0.15) is 0 Å². The molecule has 0 radical (unpaired) electrons. The van der Waals surface area contributed by atoms with Crippen LogP contribution in [0.25, 0.3) is 0 Å². The fourth-order valence-corrected chi connectivity index (χ4v) is 5.02. The van der Waals surface area contributed by atoms with Gasteiger partial charge in [-0.1, -0.05) is 67.6 Å². The zero-order valence-corrected chi connectivity index (χ0v) is 17.7. The number of hydrogen-bond donors (Lipinski definition) is 0. The molecule has 0 spiro atoms. The summed E-state index contributed by atoms with van der Waals surface area (Å²) in [6, 6.07) is 19.3. The van der Waals surface area contributed by atoms with Gasteiger partial charge in [0.2, 0.25) is 15.9 Å². The lowest BCUT2D eigenvalue weighted by Crippen LogP contribution is -2.52. The Bertz CT molecular complexity index is 880. The summed E-state index contributed by atoms with van der Waals surface area (Å²) in [6.45, 7) is 5.50. The molecule has 6 nitrogen and oxygen atoms in total. The Labute approximate surface area is 173 Å². The lowest BCUT2D eigenvalue weighted by molar-refractivity contribution is -0.133. The van der Waals surface area contributed by atoms with Crippen molar-refractivity contribution in [3.63, 3.8) is 0 Å². The predicted molar refractivity (Wildman–Crippen MR) is 115 cm³/mol. The van der Waals surface area contributed by atoms with Crippen LogP contribution in [0.15, 0.2) is 60.7 Å². The summed E-state index contributed by atoms with van der Waals surface area (Å²) in [7, 11) is -3.37. The Hall–Kier alpha value is -2.22. The molecule has 7 heteroatoms. The quantitative estimate of drug-likeness (QED) is 0.663. The molecule has 1 aliphatic heterocycles. The van der Waals surface area contributed by atoms with Gasteiger partial charge in [0.25, 0.3) is 0 Å². The standard InChI is InChI=1S/C22H29N3O3S/c1-2-23(17-20-9-5-3-6-10-20)18-22(26)24-13-15-25(16-14-24)29(27,28)19-21-11-7-4-8-12-21/h3-12H,2,13-19H2,1H3. The minimum Gasteiger partial charge on any atom is -0.339 e. The number of piperazine rings is 1. The summed E-state index contributed by atoms with van der Waals surface area (Å²) in [4.78, 5) is 16.6. The van der Waals surface area contributed by atoms with Crippen LogP contribution in [-0.2, 0) is 27.1 Å². The molecule has 0 atom stereocenters. The van der Waals surface area contributed by atoms with E-state index in [0.29, 0.717) is 32.7 Å². The van der Waals surface area contributed by atoms with Gasteiger partial charge in [-0.25, -0.2) is 8.42 Å². The SMILES string of the molecule is CCN(CC(=O)N1CCN(S(=O)(=O)Cc2ccccc2)CC1)Cc1ccccc1. The Morgan fingerprint density at radius 1 is 0.897 bits per heavy atom. The average molecular weight is 416 g/mol. The fraction of sp³-hybridized carbons (Fsp3) is 0.409. The van der Waals surface area contributed by atoms with Gasteiger partial charge in [0, 0.05) is 32.7 Å². The van der Waals surface area contributed by atoms with E-state index in [9.17, 15) is 13.2 Å². The molecule has 0 N–H and O–H groups in total. The van der Waals surface area contributed by atoms with Crippen molar-refractivity contribution in [1.82, 2.24) is 14.1 Å². The summed E-state index contributed by atoms with van der Waals surface area (Å²) in [5.74, 6) is 0.0607. The van der Waals surface area contributed by atoms with E-state index in [0.717, 1.165) is 18.7 Å². The molecule has 0 aromatic heterocycles. The van der Waals surface area contributed by atoms with Crippen molar-refractivity contribution in [3.05, 3.63) is 71.8 Å². The second-order valence-corrected chi connectivity index (χ2v) is 9.28. The van der Waals surface area contributed by atoms with Crippen LogP contribution in [0.1, 0.15) is 18.1 Å². The summed E-state index contributed by atoms with van der Waals surface area (Å²) >= 11 is 0. The molecule has 2 aromatic rings. The van der Waals surface area contributed by atoms with Crippen molar-refractivity contribution >= 4 is 15.9 Å². The number of benzene rings is 2. The zero-order chi connectivity index (χ0) is 20.7. The van der Waals surface area contributed by atoms with Gasteiger partial charge >= 0.3 is 0 Å². The first-order chi connectivity index (χ1) is 14.0. The van der Waals surface area contributed by atoms with Crippen LogP contribution in [0.2, 0.25) is 0 Å². The highest BCUT2D eigenvalue weighted by atomic mass is 32.2. The normalized spacial score (nSPS) is 15.6. The van der Waals surface area contributed by atoms with E-state index in [1.54, 1.807) is 4.90 Å². The van der Waals surface area contributed by atoms with Gasteiger partial charge in [-0.2, -0.15) is 4.31 Å². The molecule has 0 bridgehead atoms. The molecule has 29 heavy (non-hydrogen) atoms. The maximum Gasteiger partial charge on any atom is 0.236 e. The average Bonchev–Trinajstić information content (AvgIpc) is 2.74. The molecule has 0 unspecified atom stereocenters. The summed E-state index contributed by atoms with van der Waals surface area (Å²) < 4.78 is 26.9. The monoisotopic (exact) mass is 415 g/mol. The molecule has 1 fully saturated rings. The maximum atomic E-state index is 12.7. The lowest BCUT2D eigenvalue weighted by Gasteiger charge is -2.35. The van der Waals surface area contributed by atoms with Crippen molar-refractivity contribution in [2.24, 2.45) is 0 Å². The fourth-order valence-electron chi connectivity index (χ4n) is 3.50. The number of amides is 1. The second kappa shape index (κ2) is 10.0. The van der Waals surface area contributed by atoms with Gasteiger partial charge < -0.3 is 4.90 Å². The third-order valence-electron chi connectivity index (χ3n) is 5.23. The summed E-state index contributed by atoms with van der Waals surface area (Å²) in [5.41, 5.74) is 1.96. The van der Waals surface area contributed by atoms with E-state index >= 15 is 0 Å². The lowest BCUT2D eigenvalue weighted by atomic mass is 10.2. The van der Waals surface area contributed by atoms with Gasteiger partial charge in [0.15, 0.2) is 0 Å². The van der Waals surface area contributed by atoms with Crippen LogP contribution in [0.5, 0.6) is 0 Å². The van der Waals surface area contributed by atoms with E-state index in [1.165, 1.54) is 9.87 Å². The van der Waals surface area contributed by atoms with Crippen LogP contribution < -0.4 is 0 Å². The van der Waals surface area contributed by atoms with Crippen LogP contribution >= 0.6 is 0 Å². The van der Waals surface area contributed by atoms with Crippen molar-refractivity contribution in [2.45, 2.75) is 19.2 Å². The predicted octanol–water partition coefficient (Wildman–Crippen LogP) is 2.18. The molecule has 1 amide bonds. The van der Waals surface area contributed by atoms with Crippen molar-refractivity contribution < 1.29 is 13.2 Å². The van der Waals surface area contributed by atoms with E-state index < -0.39 is 10.0 Å². The van der Waals surface area contributed by atoms with Gasteiger partial charge in [-0.15, -0.1) is 0 Å². The molecule has 0 saturated carbocycles.